The van der Waals surface area contributed by atoms with Crippen LogP contribution in [0, 0.1) is 5.82 Å². The number of hydrogen-bond donors (Lipinski definition) is 1. The highest BCUT2D eigenvalue weighted by molar-refractivity contribution is 7.90. The molecule has 168 valence electrons. The highest BCUT2D eigenvalue weighted by Crippen LogP contribution is 2.34. The quantitative estimate of drug-likeness (QED) is 0.576. The minimum Gasteiger partial charge on any atom is -0.380 e. The molecule has 1 saturated heterocycles. The second-order valence-corrected chi connectivity index (χ2v) is 10.1. The molecule has 4 rings (SSSR count). The van der Waals surface area contributed by atoms with Crippen molar-refractivity contribution in [3.63, 3.8) is 0 Å². The number of methoxy groups -OCH3 is 1. The second kappa shape index (κ2) is 8.97. The van der Waals surface area contributed by atoms with Crippen LogP contribution in [0.2, 0.25) is 0 Å². The van der Waals surface area contributed by atoms with Gasteiger partial charge < -0.3 is 15.0 Å². The Kier molecular flexibility index (Phi) is 6.27. The fourth-order valence-corrected chi connectivity index (χ4v) is 5.91. The van der Waals surface area contributed by atoms with E-state index in [4.69, 9.17) is 4.74 Å². The molecule has 2 heterocycles. The molecule has 1 aliphatic heterocycles. The molecule has 0 bridgehead atoms. The number of fused-ring (bicyclic) bond motifs is 1. The van der Waals surface area contributed by atoms with Crippen LogP contribution >= 0.6 is 11.3 Å². The van der Waals surface area contributed by atoms with Gasteiger partial charge in [0, 0.05) is 48.5 Å². The molecule has 1 aromatic heterocycles. The Balaban J connectivity index is 1.64. The maximum Gasteiger partial charge on any atom is 0.284 e. The number of likely N-dealkylation sites (tertiary alicyclic amines) is 1. The molecule has 1 amide bonds. The van der Waals surface area contributed by atoms with Crippen LogP contribution in [-0.4, -0.2) is 45.8 Å². The van der Waals surface area contributed by atoms with E-state index < -0.39 is 21.7 Å². The number of carbonyl (C=O) groups is 1. The molecule has 1 aliphatic rings. The third-order valence-electron chi connectivity index (χ3n) is 5.21. The van der Waals surface area contributed by atoms with Gasteiger partial charge in [-0.05, 0) is 36.8 Å². The molecule has 1 fully saturated rings. The van der Waals surface area contributed by atoms with Crippen molar-refractivity contribution in [2.75, 3.05) is 26.0 Å². The van der Waals surface area contributed by atoms with Crippen LogP contribution in [0.4, 0.5) is 10.1 Å². The van der Waals surface area contributed by atoms with Crippen molar-refractivity contribution in [2.24, 2.45) is 4.40 Å². The van der Waals surface area contributed by atoms with Crippen LogP contribution in [0.3, 0.4) is 0 Å². The minimum absolute atomic E-state index is 0.0115. The van der Waals surface area contributed by atoms with Gasteiger partial charge in [0.1, 0.15) is 11.7 Å². The van der Waals surface area contributed by atoms with Gasteiger partial charge in [-0.2, -0.15) is 8.42 Å². The predicted octanol–water partition coefficient (Wildman–Crippen LogP) is 4.25. The van der Waals surface area contributed by atoms with Crippen LogP contribution in [-0.2, 0) is 21.4 Å². The smallest absolute Gasteiger partial charge is 0.284 e. The normalized spacial score (nSPS) is 15.6. The Bertz CT molecular complexity index is 1320. The number of halogens is 1. The van der Waals surface area contributed by atoms with Crippen LogP contribution in [0.5, 0.6) is 0 Å². The van der Waals surface area contributed by atoms with Crippen LogP contribution in [0.15, 0.2) is 51.8 Å². The van der Waals surface area contributed by atoms with E-state index in [2.05, 4.69) is 9.71 Å². The summed E-state index contributed by atoms with van der Waals surface area (Å²) in [7, 11) is -0.630. The van der Waals surface area contributed by atoms with Gasteiger partial charge in [-0.15, -0.1) is 15.7 Å². The first kappa shape index (κ1) is 22.4. The van der Waals surface area contributed by atoms with Crippen molar-refractivity contribution in [1.29, 1.82) is 0 Å². The van der Waals surface area contributed by atoms with Crippen molar-refractivity contribution in [1.82, 2.24) is 4.90 Å². The zero-order valence-electron chi connectivity index (χ0n) is 17.6. The minimum atomic E-state index is -3.91. The molecule has 0 aliphatic carbocycles. The Morgan fingerprint density at radius 2 is 2.06 bits per heavy atom. The Morgan fingerprint density at radius 3 is 2.78 bits per heavy atom. The number of nitrogens with zero attached hydrogens (tertiary/aromatic N) is 2. The number of hydrogen-bond acceptors (Lipinski definition) is 5. The topological polar surface area (TPSA) is 88.1 Å². The van der Waals surface area contributed by atoms with Crippen molar-refractivity contribution >= 4 is 48.9 Å². The molecular weight excluding hydrogens is 453 g/mol. The molecule has 3 aromatic rings. The Labute approximate surface area is 189 Å². The van der Waals surface area contributed by atoms with Gasteiger partial charge in [-0.1, -0.05) is 12.1 Å². The number of thiophene rings is 1. The SMILES string of the molecule is COCc1c(C(=O)Nc2cccc(S(=O)(=O)/N=C3/CCCN3C)c2)sc2cccc(F)c12. The zero-order valence-corrected chi connectivity index (χ0v) is 19.2. The van der Waals surface area contributed by atoms with Gasteiger partial charge in [-0.25, -0.2) is 4.39 Å². The molecule has 0 atom stereocenters. The van der Waals surface area contributed by atoms with Crippen LogP contribution < -0.4 is 5.32 Å². The van der Waals surface area contributed by atoms with E-state index in [1.165, 1.54) is 25.3 Å². The maximum absolute atomic E-state index is 14.4. The highest BCUT2D eigenvalue weighted by Gasteiger charge is 2.23. The average molecular weight is 476 g/mol. The molecule has 0 unspecified atom stereocenters. The summed E-state index contributed by atoms with van der Waals surface area (Å²) < 4.78 is 49.7. The molecule has 0 spiro atoms. The summed E-state index contributed by atoms with van der Waals surface area (Å²) in [5.41, 5.74) is 0.764. The molecule has 2 aromatic carbocycles. The first-order valence-corrected chi connectivity index (χ1v) is 12.2. The van der Waals surface area contributed by atoms with Gasteiger partial charge in [0.25, 0.3) is 15.9 Å². The van der Waals surface area contributed by atoms with Crippen molar-refractivity contribution < 1.29 is 22.3 Å². The predicted molar refractivity (Wildman–Crippen MR) is 123 cm³/mol. The Hall–Kier alpha value is -2.82. The fraction of sp³-hybridized carbons (Fsp3) is 0.273. The fourth-order valence-electron chi connectivity index (χ4n) is 3.66. The summed E-state index contributed by atoms with van der Waals surface area (Å²) in [6, 6.07) is 10.6. The number of amidine groups is 1. The van der Waals surface area contributed by atoms with Crippen LogP contribution in [0.25, 0.3) is 10.1 Å². The lowest BCUT2D eigenvalue weighted by Crippen LogP contribution is -2.20. The van der Waals surface area contributed by atoms with Crippen LogP contribution in [0.1, 0.15) is 28.1 Å². The van der Waals surface area contributed by atoms with Gasteiger partial charge in [0.2, 0.25) is 0 Å². The van der Waals surface area contributed by atoms with E-state index in [0.29, 0.717) is 38.5 Å². The van der Waals surface area contributed by atoms with E-state index >= 15 is 0 Å². The lowest BCUT2D eigenvalue weighted by atomic mass is 10.1. The number of rotatable bonds is 6. The first-order valence-electron chi connectivity index (χ1n) is 9.95. The number of nitrogens with one attached hydrogen (secondary N) is 1. The summed E-state index contributed by atoms with van der Waals surface area (Å²) in [4.78, 5) is 15.1. The van der Waals surface area contributed by atoms with E-state index in [0.717, 1.165) is 24.3 Å². The van der Waals surface area contributed by atoms with Crippen molar-refractivity contribution in [2.45, 2.75) is 24.3 Å². The third kappa shape index (κ3) is 4.38. The summed E-state index contributed by atoms with van der Waals surface area (Å²) in [5, 5.41) is 3.08. The summed E-state index contributed by atoms with van der Waals surface area (Å²) in [5.74, 6) is -0.362. The number of ether oxygens (including phenoxy) is 1. The van der Waals surface area contributed by atoms with Gasteiger partial charge in [0.05, 0.1) is 16.4 Å². The summed E-state index contributed by atoms with van der Waals surface area (Å²) in [6.45, 7) is 0.840. The van der Waals surface area contributed by atoms with Gasteiger partial charge >= 0.3 is 0 Å². The highest BCUT2D eigenvalue weighted by atomic mass is 32.2. The van der Waals surface area contributed by atoms with Crippen molar-refractivity contribution in [3.05, 3.63) is 58.7 Å². The van der Waals surface area contributed by atoms with Crippen molar-refractivity contribution in [3.8, 4) is 0 Å². The Morgan fingerprint density at radius 1 is 1.28 bits per heavy atom. The second-order valence-electron chi connectivity index (χ2n) is 7.45. The molecule has 1 N–H and O–H groups in total. The lowest BCUT2D eigenvalue weighted by molar-refractivity contribution is 0.102. The van der Waals surface area contributed by atoms with E-state index in [-0.39, 0.29) is 11.5 Å². The van der Waals surface area contributed by atoms with Gasteiger partial charge in [-0.3, -0.25) is 4.79 Å². The largest absolute Gasteiger partial charge is 0.380 e. The standard InChI is InChI=1S/C22H22FN3O4S2/c1-26-11-5-10-19(26)25-32(28,29)15-7-3-6-14(12-15)24-22(27)21-16(13-30-2)20-17(23)8-4-9-18(20)31-21/h3-4,6-9,12H,5,10-11,13H2,1-2H3,(H,24,27)/b25-19-. The number of carbonyl (C=O) groups excluding carboxylic acids is 1. The number of anilines is 1. The third-order valence-corrected chi connectivity index (χ3v) is 7.70. The molecule has 32 heavy (non-hydrogen) atoms. The molecule has 0 radical (unpaired) electrons. The average Bonchev–Trinajstić information content (AvgIpc) is 3.32. The van der Waals surface area contributed by atoms with E-state index in [1.54, 1.807) is 24.3 Å². The maximum atomic E-state index is 14.4. The van der Waals surface area contributed by atoms with Gasteiger partial charge in [0.15, 0.2) is 0 Å². The molecular formula is C22H22FN3O4S2. The summed E-state index contributed by atoms with van der Waals surface area (Å²) in [6.07, 6.45) is 1.47. The lowest BCUT2D eigenvalue weighted by Gasteiger charge is -2.11. The molecule has 10 heteroatoms. The number of sulfonamides is 1. The number of amides is 1. The molecule has 7 nitrogen and oxygen atoms in total. The van der Waals surface area contributed by atoms with E-state index in [9.17, 15) is 17.6 Å². The monoisotopic (exact) mass is 475 g/mol. The van der Waals surface area contributed by atoms with E-state index in [1.807, 2.05) is 11.9 Å². The summed E-state index contributed by atoms with van der Waals surface area (Å²) >= 11 is 1.16. The zero-order chi connectivity index (χ0) is 22.9. The first-order chi connectivity index (χ1) is 15.3. The number of benzene rings is 2. The molecule has 0 saturated carbocycles.